The van der Waals surface area contributed by atoms with Gasteiger partial charge in [-0.25, -0.2) is 4.98 Å². The molecule has 4 nitrogen and oxygen atoms in total. The van der Waals surface area contributed by atoms with Crippen LogP contribution in [0.4, 0.5) is 0 Å². The molecule has 0 unspecified atom stereocenters. The minimum absolute atomic E-state index is 0.425. The van der Waals surface area contributed by atoms with Crippen molar-refractivity contribution in [3.8, 4) is 21.8 Å². The van der Waals surface area contributed by atoms with E-state index in [1.54, 1.807) is 29.7 Å². The highest BCUT2D eigenvalue weighted by atomic mass is 32.1. The third-order valence-corrected chi connectivity index (χ3v) is 4.08. The Balaban J connectivity index is 1.95. The number of carbonyl (C=O) groups is 1. The van der Waals surface area contributed by atoms with E-state index in [-0.39, 0.29) is 0 Å². The van der Waals surface area contributed by atoms with Crippen LogP contribution in [0, 0.1) is 6.92 Å². The van der Waals surface area contributed by atoms with Crippen molar-refractivity contribution in [2.75, 3.05) is 0 Å². The molecule has 0 aliphatic heterocycles. The molecule has 0 saturated carbocycles. The Morgan fingerprint density at radius 2 is 1.95 bits per heavy atom. The number of nitrogens with two attached hydrogens (primary N) is 1. The summed E-state index contributed by atoms with van der Waals surface area (Å²) < 4.78 is 0. The lowest BCUT2D eigenvalue weighted by atomic mass is 10.1. The Kier molecular flexibility index (Phi) is 3.50. The van der Waals surface area contributed by atoms with E-state index in [0.29, 0.717) is 5.56 Å². The zero-order valence-corrected chi connectivity index (χ0v) is 12.2. The fourth-order valence-corrected chi connectivity index (χ4v) is 2.95. The Bertz CT molecular complexity index is 793. The van der Waals surface area contributed by atoms with Crippen LogP contribution in [0.5, 0.6) is 0 Å². The van der Waals surface area contributed by atoms with Crippen LogP contribution in [0.3, 0.4) is 0 Å². The summed E-state index contributed by atoms with van der Waals surface area (Å²) in [6, 6.07) is 11.1. The van der Waals surface area contributed by atoms with E-state index >= 15 is 0 Å². The van der Waals surface area contributed by atoms with Crippen LogP contribution < -0.4 is 5.73 Å². The molecule has 0 aliphatic carbocycles. The second-order valence-corrected chi connectivity index (χ2v) is 5.47. The van der Waals surface area contributed by atoms with Gasteiger partial charge in [0.15, 0.2) is 0 Å². The number of aryl methyl sites for hydroxylation is 1. The van der Waals surface area contributed by atoms with Crippen molar-refractivity contribution in [2.24, 2.45) is 5.73 Å². The number of rotatable bonds is 3. The number of nitrogens with zero attached hydrogens (tertiary/aromatic N) is 2. The van der Waals surface area contributed by atoms with Crippen molar-refractivity contribution in [2.45, 2.75) is 6.92 Å². The molecule has 0 spiro atoms. The van der Waals surface area contributed by atoms with Crippen LogP contribution in [0.1, 0.15) is 16.1 Å². The zero-order chi connectivity index (χ0) is 14.8. The minimum atomic E-state index is -0.425. The van der Waals surface area contributed by atoms with Crippen LogP contribution in [0.15, 0.2) is 48.0 Å². The van der Waals surface area contributed by atoms with Crippen LogP contribution >= 0.6 is 11.3 Å². The summed E-state index contributed by atoms with van der Waals surface area (Å²) in [5.41, 5.74) is 9.59. The lowest BCUT2D eigenvalue weighted by molar-refractivity contribution is 0.100. The summed E-state index contributed by atoms with van der Waals surface area (Å²) in [4.78, 5) is 20.0. The van der Waals surface area contributed by atoms with E-state index in [2.05, 4.69) is 9.97 Å². The predicted molar refractivity (Wildman–Crippen MR) is 84.0 cm³/mol. The Morgan fingerprint density at radius 1 is 1.19 bits per heavy atom. The van der Waals surface area contributed by atoms with E-state index in [9.17, 15) is 4.79 Å². The highest BCUT2D eigenvalue weighted by molar-refractivity contribution is 7.13. The maximum absolute atomic E-state index is 11.1. The lowest BCUT2D eigenvalue weighted by Crippen LogP contribution is -2.10. The molecule has 1 aromatic carbocycles. The highest BCUT2D eigenvalue weighted by Crippen LogP contribution is 2.30. The largest absolute Gasteiger partial charge is 0.366 e. The summed E-state index contributed by atoms with van der Waals surface area (Å²) >= 11 is 1.58. The van der Waals surface area contributed by atoms with Crippen LogP contribution in [0.25, 0.3) is 21.8 Å². The molecular formula is C16H13N3OS. The molecule has 3 aromatic rings. The molecule has 0 radical (unpaired) electrons. The smallest absolute Gasteiger partial charge is 0.248 e. The number of carbonyl (C=O) groups excluding carboxylic acids is 1. The summed E-state index contributed by atoms with van der Waals surface area (Å²) in [5, 5.41) is 2.94. The van der Waals surface area contributed by atoms with E-state index in [0.717, 1.165) is 27.5 Å². The average molecular weight is 295 g/mol. The molecule has 21 heavy (non-hydrogen) atoms. The molecule has 0 saturated heterocycles. The van der Waals surface area contributed by atoms with Crippen molar-refractivity contribution in [1.29, 1.82) is 0 Å². The van der Waals surface area contributed by atoms with E-state index in [1.807, 2.05) is 36.6 Å². The van der Waals surface area contributed by atoms with E-state index in [4.69, 9.17) is 5.73 Å². The number of primary amides is 1. The van der Waals surface area contributed by atoms with Gasteiger partial charge in [0.1, 0.15) is 5.01 Å². The molecule has 0 aliphatic rings. The van der Waals surface area contributed by atoms with Gasteiger partial charge in [-0.15, -0.1) is 11.3 Å². The van der Waals surface area contributed by atoms with E-state index < -0.39 is 5.91 Å². The Labute approximate surface area is 126 Å². The van der Waals surface area contributed by atoms with Crippen molar-refractivity contribution in [3.63, 3.8) is 0 Å². The third kappa shape index (κ3) is 2.68. The fourth-order valence-electron chi connectivity index (χ4n) is 2.05. The first kappa shape index (κ1) is 13.5. The number of hydrogen-bond acceptors (Lipinski definition) is 4. The average Bonchev–Trinajstić information content (AvgIpc) is 2.97. The maximum Gasteiger partial charge on any atom is 0.248 e. The van der Waals surface area contributed by atoms with Gasteiger partial charge in [0.25, 0.3) is 0 Å². The number of amides is 1. The SMILES string of the molecule is Cc1ncccc1-c1nc(-c2ccc(C(N)=O)cc2)cs1. The first-order valence-electron chi connectivity index (χ1n) is 6.43. The van der Waals surface area contributed by atoms with Gasteiger partial charge < -0.3 is 5.73 Å². The van der Waals surface area contributed by atoms with Gasteiger partial charge >= 0.3 is 0 Å². The monoisotopic (exact) mass is 295 g/mol. The van der Waals surface area contributed by atoms with Gasteiger partial charge in [0, 0.05) is 34.0 Å². The number of aromatic nitrogens is 2. The highest BCUT2D eigenvalue weighted by Gasteiger charge is 2.09. The molecule has 0 fully saturated rings. The van der Waals surface area contributed by atoms with E-state index in [1.165, 1.54) is 0 Å². The molecule has 5 heteroatoms. The standard InChI is InChI=1S/C16H13N3OS/c1-10-13(3-2-8-18-10)16-19-14(9-21-16)11-4-6-12(7-5-11)15(17)20/h2-9H,1H3,(H2,17,20). The predicted octanol–water partition coefficient (Wildman–Crippen LogP) is 3.28. The number of thiazole rings is 1. The summed E-state index contributed by atoms with van der Waals surface area (Å²) in [5.74, 6) is -0.425. The molecule has 3 rings (SSSR count). The third-order valence-electron chi connectivity index (χ3n) is 3.21. The Hall–Kier alpha value is -2.53. The molecule has 2 heterocycles. The van der Waals surface area contributed by atoms with Crippen molar-refractivity contribution < 1.29 is 4.79 Å². The summed E-state index contributed by atoms with van der Waals surface area (Å²) in [6.07, 6.45) is 1.77. The van der Waals surface area contributed by atoms with Gasteiger partial charge in [-0.3, -0.25) is 9.78 Å². The zero-order valence-electron chi connectivity index (χ0n) is 11.4. The van der Waals surface area contributed by atoms with Gasteiger partial charge in [-0.05, 0) is 31.2 Å². The second kappa shape index (κ2) is 5.46. The van der Waals surface area contributed by atoms with Crippen LogP contribution in [-0.4, -0.2) is 15.9 Å². The first-order chi connectivity index (χ1) is 10.1. The molecule has 0 bridgehead atoms. The molecule has 0 atom stereocenters. The maximum atomic E-state index is 11.1. The molecule has 104 valence electrons. The van der Waals surface area contributed by atoms with Crippen molar-refractivity contribution in [3.05, 3.63) is 59.2 Å². The molecule has 1 amide bonds. The molecule has 2 aromatic heterocycles. The lowest BCUT2D eigenvalue weighted by Gasteiger charge is -2.00. The van der Waals surface area contributed by atoms with Crippen molar-refractivity contribution in [1.82, 2.24) is 9.97 Å². The quantitative estimate of drug-likeness (QED) is 0.806. The second-order valence-electron chi connectivity index (χ2n) is 4.62. The number of benzene rings is 1. The van der Waals surface area contributed by atoms with Crippen molar-refractivity contribution >= 4 is 17.2 Å². The van der Waals surface area contributed by atoms with Crippen LogP contribution in [0.2, 0.25) is 0 Å². The molecular weight excluding hydrogens is 282 g/mol. The van der Waals surface area contributed by atoms with Gasteiger partial charge in [-0.1, -0.05) is 12.1 Å². The fraction of sp³-hybridized carbons (Fsp3) is 0.0625. The molecule has 2 N–H and O–H groups in total. The first-order valence-corrected chi connectivity index (χ1v) is 7.31. The Morgan fingerprint density at radius 3 is 2.62 bits per heavy atom. The number of pyridine rings is 1. The van der Waals surface area contributed by atoms with Crippen LogP contribution in [-0.2, 0) is 0 Å². The number of hydrogen-bond donors (Lipinski definition) is 1. The summed E-state index contributed by atoms with van der Waals surface area (Å²) in [6.45, 7) is 1.97. The normalized spacial score (nSPS) is 10.5. The summed E-state index contributed by atoms with van der Waals surface area (Å²) in [7, 11) is 0. The van der Waals surface area contributed by atoms with Gasteiger partial charge in [0.05, 0.1) is 5.69 Å². The topological polar surface area (TPSA) is 68.9 Å². The minimum Gasteiger partial charge on any atom is -0.366 e. The van der Waals surface area contributed by atoms with Gasteiger partial charge in [0.2, 0.25) is 5.91 Å². The van der Waals surface area contributed by atoms with Gasteiger partial charge in [-0.2, -0.15) is 0 Å².